The molecule has 0 N–H and O–H groups in total. The first kappa shape index (κ1) is 24.2. The quantitative estimate of drug-likeness (QED) is 0.328. The molecule has 3 aromatic carbocycles. The van der Waals surface area contributed by atoms with E-state index in [-0.39, 0.29) is 5.82 Å². The van der Waals surface area contributed by atoms with Crippen molar-refractivity contribution in [3.05, 3.63) is 90.4 Å². The van der Waals surface area contributed by atoms with Crippen LogP contribution in [0.3, 0.4) is 0 Å². The molecule has 1 aliphatic rings. The molecular formula is C30H33FN4O. The molecule has 1 saturated heterocycles. The highest BCUT2D eigenvalue weighted by molar-refractivity contribution is 5.68. The van der Waals surface area contributed by atoms with Crippen LogP contribution in [-0.2, 0) is 6.54 Å². The van der Waals surface area contributed by atoms with Gasteiger partial charge >= 0.3 is 0 Å². The van der Waals surface area contributed by atoms with Gasteiger partial charge < -0.3 is 4.74 Å². The molecule has 0 atom stereocenters. The molecule has 36 heavy (non-hydrogen) atoms. The maximum Gasteiger partial charge on any atom is 0.123 e. The molecule has 0 saturated carbocycles. The van der Waals surface area contributed by atoms with Gasteiger partial charge in [-0.05, 0) is 73.5 Å². The summed E-state index contributed by atoms with van der Waals surface area (Å²) in [4.78, 5) is 5.05. The van der Waals surface area contributed by atoms with E-state index in [0.29, 0.717) is 6.04 Å². The molecule has 186 valence electrons. The van der Waals surface area contributed by atoms with E-state index in [0.717, 1.165) is 66.5 Å². The number of nitrogens with zero attached hydrogens (tertiary/aromatic N) is 4. The van der Waals surface area contributed by atoms with Crippen LogP contribution in [-0.4, -0.2) is 58.9 Å². The van der Waals surface area contributed by atoms with Crippen LogP contribution in [0.2, 0.25) is 0 Å². The Morgan fingerprint density at radius 2 is 1.39 bits per heavy atom. The minimum Gasteiger partial charge on any atom is -0.497 e. The first-order valence-corrected chi connectivity index (χ1v) is 12.6. The Hall–Kier alpha value is -3.48. The van der Waals surface area contributed by atoms with Crippen molar-refractivity contribution in [2.24, 2.45) is 0 Å². The molecule has 1 aliphatic heterocycles. The Bertz CT molecular complexity index is 1270. The van der Waals surface area contributed by atoms with Crippen molar-refractivity contribution in [3.8, 4) is 33.8 Å². The molecule has 6 heteroatoms. The third kappa shape index (κ3) is 5.20. The summed E-state index contributed by atoms with van der Waals surface area (Å²) in [5.41, 5.74) is 6.42. The molecule has 1 fully saturated rings. The number of methoxy groups -OCH3 is 1. The van der Waals surface area contributed by atoms with Crippen molar-refractivity contribution < 1.29 is 9.13 Å². The summed E-state index contributed by atoms with van der Waals surface area (Å²) in [5.74, 6) is 0.606. The third-order valence-corrected chi connectivity index (χ3v) is 7.03. The highest BCUT2D eigenvalue weighted by Gasteiger charge is 2.22. The number of hydrogen-bond donors (Lipinski definition) is 0. The topological polar surface area (TPSA) is 33.5 Å². The Morgan fingerprint density at radius 1 is 0.806 bits per heavy atom. The molecule has 4 aromatic rings. The normalized spacial score (nSPS) is 14.9. The smallest absolute Gasteiger partial charge is 0.123 e. The van der Waals surface area contributed by atoms with Gasteiger partial charge in [0, 0.05) is 49.9 Å². The van der Waals surface area contributed by atoms with E-state index in [1.807, 2.05) is 23.0 Å². The number of rotatable bonds is 7. The fraction of sp³-hybridized carbons (Fsp3) is 0.300. The fourth-order valence-electron chi connectivity index (χ4n) is 4.87. The van der Waals surface area contributed by atoms with Crippen LogP contribution in [0.4, 0.5) is 4.39 Å². The summed E-state index contributed by atoms with van der Waals surface area (Å²) in [6, 6.07) is 23.6. The number of hydrogen-bond acceptors (Lipinski definition) is 4. The Kier molecular flexibility index (Phi) is 7.16. The van der Waals surface area contributed by atoms with Crippen molar-refractivity contribution >= 4 is 0 Å². The number of aromatic nitrogens is 2. The lowest BCUT2D eigenvalue weighted by atomic mass is 10.0. The molecule has 0 spiro atoms. The predicted octanol–water partition coefficient (Wildman–Crippen LogP) is 5.88. The number of halogens is 1. The van der Waals surface area contributed by atoms with E-state index in [9.17, 15) is 4.39 Å². The molecule has 2 heterocycles. The average Bonchev–Trinajstić information content (AvgIpc) is 3.33. The van der Waals surface area contributed by atoms with Gasteiger partial charge in [0.1, 0.15) is 11.6 Å². The molecule has 0 unspecified atom stereocenters. The maximum atomic E-state index is 13.3. The minimum absolute atomic E-state index is 0.228. The van der Waals surface area contributed by atoms with Crippen LogP contribution in [0.5, 0.6) is 5.75 Å². The summed E-state index contributed by atoms with van der Waals surface area (Å²) in [7, 11) is 1.68. The molecule has 5 nitrogen and oxygen atoms in total. The zero-order valence-electron chi connectivity index (χ0n) is 21.2. The van der Waals surface area contributed by atoms with Gasteiger partial charge in [-0.1, -0.05) is 24.3 Å². The van der Waals surface area contributed by atoms with Gasteiger partial charge in [-0.2, -0.15) is 5.10 Å². The summed E-state index contributed by atoms with van der Waals surface area (Å²) in [5, 5.41) is 4.83. The lowest BCUT2D eigenvalue weighted by molar-refractivity contribution is 0.104. The maximum absolute atomic E-state index is 13.3. The molecule has 5 rings (SSSR count). The van der Waals surface area contributed by atoms with Crippen LogP contribution < -0.4 is 4.74 Å². The second-order valence-corrected chi connectivity index (χ2v) is 9.62. The Labute approximate surface area is 212 Å². The van der Waals surface area contributed by atoms with Gasteiger partial charge in [0.05, 0.1) is 24.7 Å². The zero-order chi connectivity index (χ0) is 25.1. The molecule has 1 aromatic heterocycles. The highest BCUT2D eigenvalue weighted by atomic mass is 19.1. The van der Waals surface area contributed by atoms with Crippen molar-refractivity contribution in [1.29, 1.82) is 0 Å². The van der Waals surface area contributed by atoms with Gasteiger partial charge in [0.2, 0.25) is 0 Å². The SMILES string of the molecule is COc1ccc(-c2c(CN3CCN(C(C)C)CC3)cnn2-c2ccc(-c3ccc(F)cc3)cc2)cc1. The first-order valence-electron chi connectivity index (χ1n) is 12.6. The van der Waals surface area contributed by atoms with E-state index >= 15 is 0 Å². The van der Waals surface area contributed by atoms with E-state index in [4.69, 9.17) is 9.84 Å². The highest BCUT2D eigenvalue weighted by Crippen LogP contribution is 2.30. The largest absolute Gasteiger partial charge is 0.497 e. The standard InChI is InChI=1S/C30H33FN4O/c1-22(2)34-18-16-33(17-19-34)21-26-20-32-35(30(26)25-8-14-29(36-3)15-9-25)28-12-6-24(7-13-28)23-4-10-27(31)11-5-23/h4-15,20,22H,16-19,21H2,1-3H3. The summed E-state index contributed by atoms with van der Waals surface area (Å²) < 4.78 is 20.8. The van der Waals surface area contributed by atoms with Gasteiger partial charge in [-0.3, -0.25) is 9.80 Å². The second kappa shape index (κ2) is 10.6. The van der Waals surface area contributed by atoms with Crippen LogP contribution in [0, 0.1) is 5.82 Å². The van der Waals surface area contributed by atoms with Gasteiger partial charge in [-0.15, -0.1) is 0 Å². The lowest BCUT2D eigenvalue weighted by Crippen LogP contribution is -2.48. The number of piperazine rings is 1. The van der Waals surface area contributed by atoms with Crippen molar-refractivity contribution in [2.45, 2.75) is 26.4 Å². The van der Waals surface area contributed by atoms with Crippen LogP contribution >= 0.6 is 0 Å². The van der Waals surface area contributed by atoms with Crippen LogP contribution in [0.1, 0.15) is 19.4 Å². The first-order chi connectivity index (χ1) is 17.5. The molecule has 0 aliphatic carbocycles. The van der Waals surface area contributed by atoms with Crippen LogP contribution in [0.15, 0.2) is 79.0 Å². The van der Waals surface area contributed by atoms with E-state index in [1.54, 1.807) is 19.2 Å². The van der Waals surface area contributed by atoms with Gasteiger partial charge in [-0.25, -0.2) is 9.07 Å². The lowest BCUT2D eigenvalue weighted by Gasteiger charge is -2.36. The van der Waals surface area contributed by atoms with Gasteiger partial charge in [0.15, 0.2) is 0 Å². The summed E-state index contributed by atoms with van der Waals surface area (Å²) in [6.45, 7) is 9.69. The third-order valence-electron chi connectivity index (χ3n) is 7.03. The number of benzene rings is 3. The predicted molar refractivity (Wildman–Crippen MR) is 143 cm³/mol. The van der Waals surface area contributed by atoms with Crippen molar-refractivity contribution in [1.82, 2.24) is 19.6 Å². The molecular weight excluding hydrogens is 451 g/mol. The minimum atomic E-state index is -0.228. The summed E-state index contributed by atoms with van der Waals surface area (Å²) >= 11 is 0. The Balaban J connectivity index is 1.46. The molecule has 0 radical (unpaired) electrons. The number of ether oxygens (including phenoxy) is 1. The Morgan fingerprint density at radius 3 is 1.97 bits per heavy atom. The van der Waals surface area contributed by atoms with E-state index < -0.39 is 0 Å². The van der Waals surface area contributed by atoms with Crippen molar-refractivity contribution in [2.75, 3.05) is 33.3 Å². The molecule has 0 bridgehead atoms. The monoisotopic (exact) mass is 484 g/mol. The van der Waals surface area contributed by atoms with E-state index in [1.165, 1.54) is 17.7 Å². The second-order valence-electron chi connectivity index (χ2n) is 9.62. The van der Waals surface area contributed by atoms with E-state index in [2.05, 4.69) is 60.0 Å². The van der Waals surface area contributed by atoms with Gasteiger partial charge in [0.25, 0.3) is 0 Å². The molecule has 0 amide bonds. The average molecular weight is 485 g/mol. The zero-order valence-corrected chi connectivity index (χ0v) is 21.2. The van der Waals surface area contributed by atoms with Crippen LogP contribution in [0.25, 0.3) is 28.1 Å². The summed E-state index contributed by atoms with van der Waals surface area (Å²) in [6.07, 6.45) is 2.00. The fourth-order valence-corrected chi connectivity index (χ4v) is 4.87. The van der Waals surface area contributed by atoms with Crippen molar-refractivity contribution in [3.63, 3.8) is 0 Å².